The number of thiazole rings is 1. The van der Waals surface area contributed by atoms with Gasteiger partial charge in [-0.05, 0) is 31.6 Å². The zero-order valence-electron chi connectivity index (χ0n) is 13.1. The second-order valence-electron chi connectivity index (χ2n) is 6.07. The number of hydrogen-bond acceptors (Lipinski definition) is 4. The second-order valence-corrected chi connectivity index (χ2v) is 7.05. The summed E-state index contributed by atoms with van der Waals surface area (Å²) < 4.78 is 0. The number of nitrogens with zero attached hydrogens (tertiary/aromatic N) is 2. The van der Waals surface area contributed by atoms with E-state index in [4.69, 9.17) is 5.11 Å². The van der Waals surface area contributed by atoms with Crippen LogP contribution in [0.15, 0.2) is 0 Å². The van der Waals surface area contributed by atoms with Gasteiger partial charge in [0.05, 0.1) is 5.69 Å². The Morgan fingerprint density at radius 3 is 2.05 bits per heavy atom. The molecule has 0 fully saturated rings. The first-order valence-corrected chi connectivity index (χ1v) is 8.08. The van der Waals surface area contributed by atoms with Gasteiger partial charge in [-0.25, -0.2) is 9.78 Å². The van der Waals surface area contributed by atoms with Crippen molar-refractivity contribution in [1.29, 1.82) is 0 Å². The van der Waals surface area contributed by atoms with Crippen molar-refractivity contribution in [2.75, 3.05) is 18.0 Å². The van der Waals surface area contributed by atoms with E-state index in [1.165, 1.54) is 11.3 Å². The van der Waals surface area contributed by atoms with Crippen LogP contribution >= 0.6 is 11.3 Å². The molecule has 0 saturated heterocycles. The van der Waals surface area contributed by atoms with Gasteiger partial charge in [-0.3, -0.25) is 0 Å². The average Bonchev–Trinajstić information content (AvgIpc) is 2.70. The van der Waals surface area contributed by atoms with Crippen molar-refractivity contribution < 1.29 is 9.90 Å². The second kappa shape index (κ2) is 7.62. The normalized spacial score (nSPS) is 11.3. The van der Waals surface area contributed by atoms with E-state index >= 15 is 0 Å². The molecule has 1 rings (SSSR count). The van der Waals surface area contributed by atoms with Crippen molar-refractivity contribution in [1.82, 2.24) is 4.98 Å². The lowest BCUT2D eigenvalue weighted by molar-refractivity contribution is 0.0701. The summed E-state index contributed by atoms with van der Waals surface area (Å²) >= 11 is 1.29. The Morgan fingerprint density at radius 1 is 1.20 bits per heavy atom. The molecular weight excluding hydrogens is 272 g/mol. The van der Waals surface area contributed by atoms with Gasteiger partial charge in [0.1, 0.15) is 4.88 Å². The molecule has 0 radical (unpaired) electrons. The minimum Gasteiger partial charge on any atom is -0.477 e. The standard InChI is InChI=1S/C15H26N2O2S/c1-10(2)6-8-17(9-7-11(3)4)15-16-12(5)13(20-15)14(18)19/h10-11H,6-9H2,1-5H3,(H,18,19). The molecule has 4 nitrogen and oxygen atoms in total. The number of carboxylic acids is 1. The molecule has 114 valence electrons. The van der Waals surface area contributed by atoms with Gasteiger partial charge in [0.25, 0.3) is 0 Å². The summed E-state index contributed by atoms with van der Waals surface area (Å²) in [4.78, 5) is 18.2. The molecule has 0 unspecified atom stereocenters. The van der Waals surface area contributed by atoms with Gasteiger partial charge in [-0.15, -0.1) is 0 Å². The van der Waals surface area contributed by atoms with Crippen LogP contribution in [0.1, 0.15) is 55.9 Å². The van der Waals surface area contributed by atoms with Crippen molar-refractivity contribution in [2.45, 2.75) is 47.5 Å². The molecule has 0 bridgehead atoms. The van der Waals surface area contributed by atoms with Gasteiger partial charge in [-0.2, -0.15) is 0 Å². The Kier molecular flexibility index (Phi) is 6.46. The molecule has 1 aromatic heterocycles. The van der Waals surface area contributed by atoms with E-state index in [0.717, 1.165) is 31.1 Å². The highest BCUT2D eigenvalue weighted by atomic mass is 32.1. The van der Waals surface area contributed by atoms with Crippen LogP contribution in [0, 0.1) is 18.8 Å². The highest BCUT2D eigenvalue weighted by molar-refractivity contribution is 7.17. The predicted octanol–water partition coefficient (Wildman–Crippen LogP) is 4.05. The fraction of sp³-hybridized carbons (Fsp3) is 0.733. The first-order valence-electron chi connectivity index (χ1n) is 7.27. The number of aromatic carboxylic acids is 1. The number of rotatable bonds is 8. The number of anilines is 1. The number of carboxylic acid groups (broad SMARTS) is 1. The third kappa shape index (κ3) is 5.12. The smallest absolute Gasteiger partial charge is 0.347 e. The summed E-state index contributed by atoms with van der Waals surface area (Å²) in [5, 5.41) is 10.00. The SMILES string of the molecule is Cc1nc(N(CCC(C)C)CCC(C)C)sc1C(=O)O. The van der Waals surface area contributed by atoms with Crippen molar-refractivity contribution in [3.8, 4) is 0 Å². The van der Waals surface area contributed by atoms with Crippen LogP contribution in [0.3, 0.4) is 0 Å². The fourth-order valence-corrected chi connectivity index (χ4v) is 2.80. The Hall–Kier alpha value is -1.10. The Bertz CT molecular complexity index is 429. The zero-order chi connectivity index (χ0) is 15.3. The largest absolute Gasteiger partial charge is 0.477 e. The molecule has 1 N–H and O–H groups in total. The summed E-state index contributed by atoms with van der Waals surface area (Å²) in [6.45, 7) is 12.5. The summed E-state index contributed by atoms with van der Waals surface area (Å²) in [6.07, 6.45) is 2.19. The van der Waals surface area contributed by atoms with Crippen LogP contribution in [0.25, 0.3) is 0 Å². The maximum absolute atomic E-state index is 11.1. The molecule has 0 aliphatic heterocycles. The van der Waals surface area contributed by atoms with Crippen LogP contribution in [-0.2, 0) is 0 Å². The molecule has 1 heterocycles. The third-order valence-corrected chi connectivity index (χ3v) is 4.41. The quantitative estimate of drug-likeness (QED) is 0.786. The van der Waals surface area contributed by atoms with Crippen molar-refractivity contribution in [2.24, 2.45) is 11.8 Å². The zero-order valence-corrected chi connectivity index (χ0v) is 14.0. The van der Waals surface area contributed by atoms with Crippen LogP contribution in [0.5, 0.6) is 0 Å². The summed E-state index contributed by atoms with van der Waals surface area (Å²) in [7, 11) is 0. The molecule has 0 aliphatic rings. The lowest BCUT2D eigenvalue weighted by Gasteiger charge is -2.23. The van der Waals surface area contributed by atoms with E-state index < -0.39 is 5.97 Å². The van der Waals surface area contributed by atoms with Gasteiger partial charge in [-0.1, -0.05) is 39.0 Å². The monoisotopic (exact) mass is 298 g/mol. The molecule has 20 heavy (non-hydrogen) atoms. The summed E-state index contributed by atoms with van der Waals surface area (Å²) in [6, 6.07) is 0. The van der Waals surface area contributed by atoms with E-state index in [1.54, 1.807) is 6.92 Å². The van der Waals surface area contributed by atoms with Crippen LogP contribution in [-0.4, -0.2) is 29.1 Å². The number of aromatic nitrogens is 1. The Balaban J connectivity index is 2.85. The fourth-order valence-electron chi connectivity index (χ4n) is 1.85. The molecule has 0 atom stereocenters. The predicted molar refractivity (Wildman–Crippen MR) is 84.9 cm³/mol. The van der Waals surface area contributed by atoms with Crippen LogP contribution in [0.4, 0.5) is 5.13 Å². The lowest BCUT2D eigenvalue weighted by Crippen LogP contribution is -2.27. The molecule has 1 aromatic rings. The maximum atomic E-state index is 11.1. The van der Waals surface area contributed by atoms with Gasteiger partial charge >= 0.3 is 5.97 Å². The first kappa shape index (κ1) is 17.0. The van der Waals surface area contributed by atoms with Crippen molar-refractivity contribution in [3.05, 3.63) is 10.6 Å². The minimum atomic E-state index is -0.876. The van der Waals surface area contributed by atoms with E-state index in [-0.39, 0.29) is 0 Å². The van der Waals surface area contributed by atoms with E-state index in [9.17, 15) is 4.79 Å². The molecule has 0 amide bonds. The van der Waals surface area contributed by atoms with E-state index in [1.807, 2.05) is 0 Å². The number of hydrogen-bond donors (Lipinski definition) is 1. The molecule has 0 spiro atoms. The highest BCUT2D eigenvalue weighted by Gasteiger charge is 2.18. The lowest BCUT2D eigenvalue weighted by atomic mass is 10.1. The molecule has 5 heteroatoms. The minimum absolute atomic E-state index is 0.360. The summed E-state index contributed by atoms with van der Waals surface area (Å²) in [5.74, 6) is 0.395. The molecule has 0 aromatic carbocycles. The van der Waals surface area contributed by atoms with Crippen LogP contribution < -0.4 is 4.90 Å². The van der Waals surface area contributed by atoms with Gasteiger partial charge in [0, 0.05) is 13.1 Å². The van der Waals surface area contributed by atoms with E-state index in [2.05, 4.69) is 37.6 Å². The Morgan fingerprint density at radius 2 is 1.70 bits per heavy atom. The Labute approximate surface area is 125 Å². The van der Waals surface area contributed by atoms with Gasteiger partial charge in [0.15, 0.2) is 5.13 Å². The van der Waals surface area contributed by atoms with Crippen molar-refractivity contribution >= 4 is 22.4 Å². The number of aryl methyl sites for hydroxylation is 1. The summed E-state index contributed by atoms with van der Waals surface area (Å²) in [5.41, 5.74) is 0.622. The average molecular weight is 298 g/mol. The van der Waals surface area contributed by atoms with E-state index in [0.29, 0.717) is 22.4 Å². The highest BCUT2D eigenvalue weighted by Crippen LogP contribution is 2.27. The molecule has 0 aliphatic carbocycles. The molecular formula is C15H26N2O2S. The third-order valence-electron chi connectivity index (χ3n) is 3.20. The molecule has 0 saturated carbocycles. The first-order chi connectivity index (χ1) is 9.31. The van der Waals surface area contributed by atoms with Crippen LogP contribution in [0.2, 0.25) is 0 Å². The van der Waals surface area contributed by atoms with Gasteiger partial charge < -0.3 is 10.0 Å². The number of carbonyl (C=O) groups is 1. The maximum Gasteiger partial charge on any atom is 0.347 e. The van der Waals surface area contributed by atoms with Crippen molar-refractivity contribution in [3.63, 3.8) is 0 Å². The van der Waals surface area contributed by atoms with Gasteiger partial charge in [0.2, 0.25) is 0 Å². The topological polar surface area (TPSA) is 53.4 Å².